The molecule has 78 heavy (non-hydrogen) atoms. The van der Waals surface area contributed by atoms with Gasteiger partial charge < -0.3 is 39.4 Å². The highest BCUT2D eigenvalue weighted by molar-refractivity contribution is 7.91. The molecule has 2 aliphatic rings. The van der Waals surface area contributed by atoms with E-state index >= 15 is 0 Å². The number of amides is 2. The summed E-state index contributed by atoms with van der Waals surface area (Å²) in [6, 6.07) is 19.4. The van der Waals surface area contributed by atoms with Crippen LogP contribution in [0.5, 0.6) is 0 Å². The van der Waals surface area contributed by atoms with Gasteiger partial charge in [-0.25, -0.2) is 31.2 Å². The number of carbonyl (C=O) groups excluding carboxylic acids is 2. The minimum atomic E-state index is -3.83. The summed E-state index contributed by atoms with van der Waals surface area (Å²) in [5.74, 6) is -0.197. The second kappa shape index (κ2) is 30.5. The third-order valence-electron chi connectivity index (χ3n) is 13.9. The van der Waals surface area contributed by atoms with Gasteiger partial charge in [-0.2, -0.15) is 5.26 Å². The van der Waals surface area contributed by atoms with Gasteiger partial charge in [0.1, 0.15) is 5.78 Å². The molecule has 6 rings (SSSR count). The molecule has 21 heteroatoms. The molecule has 0 spiro atoms. The minimum Gasteiger partial charge on any atom is -0.379 e. The van der Waals surface area contributed by atoms with Crippen LogP contribution in [0, 0.1) is 31.8 Å². The van der Waals surface area contributed by atoms with E-state index in [1.165, 1.54) is 0 Å². The predicted octanol–water partition coefficient (Wildman–Crippen LogP) is 8.60. The predicted molar refractivity (Wildman–Crippen MR) is 302 cm³/mol. The van der Waals surface area contributed by atoms with Crippen molar-refractivity contribution >= 4 is 60.6 Å². The number of nitrogens with zero attached hydrogens (tertiary/aromatic N) is 4. The van der Waals surface area contributed by atoms with Crippen molar-refractivity contribution in [2.45, 2.75) is 93.5 Å². The van der Waals surface area contributed by atoms with Crippen LogP contribution in [0.3, 0.4) is 0 Å². The van der Waals surface area contributed by atoms with Crippen molar-refractivity contribution in [3.8, 4) is 6.07 Å². The number of sulfonamides is 1. The smallest absolute Gasteiger partial charge is 0.314 e. The third-order valence-corrected chi connectivity index (χ3v) is 17.6. The highest BCUT2D eigenvalue weighted by Gasteiger charge is 2.31. The van der Waals surface area contributed by atoms with Crippen LogP contribution in [-0.2, 0) is 56.7 Å². The van der Waals surface area contributed by atoms with E-state index in [2.05, 4.69) is 36.1 Å². The number of nitriles is 1. The zero-order valence-corrected chi connectivity index (χ0v) is 48.3. The van der Waals surface area contributed by atoms with Crippen LogP contribution < -0.4 is 15.4 Å². The van der Waals surface area contributed by atoms with Crippen LogP contribution in [-0.4, -0.2) is 144 Å². The number of aryl methyl sites for hydroxylation is 2. The van der Waals surface area contributed by atoms with Gasteiger partial charge in [0.05, 0.1) is 73.4 Å². The summed E-state index contributed by atoms with van der Waals surface area (Å²) in [6.07, 6.45) is 4.06. The molecule has 4 aromatic carbocycles. The summed E-state index contributed by atoms with van der Waals surface area (Å²) in [7, 11) is -3.44. The van der Waals surface area contributed by atoms with Gasteiger partial charge in [0.15, 0.2) is 15.5 Å². The van der Waals surface area contributed by atoms with E-state index in [4.69, 9.17) is 48.7 Å². The number of sulfone groups is 1. The maximum absolute atomic E-state index is 13.4. The topological polar surface area (TPSA) is 210 Å². The number of hydrogen-bond acceptors (Lipinski definition) is 13. The molecule has 17 nitrogen and oxygen atoms in total. The molecule has 422 valence electrons. The maximum atomic E-state index is 13.4. The lowest BCUT2D eigenvalue weighted by molar-refractivity contribution is -0.119. The van der Waals surface area contributed by atoms with Gasteiger partial charge in [-0.15, -0.1) is 0 Å². The number of carbonyl (C=O) groups is 2. The molecule has 2 aliphatic heterocycles. The summed E-state index contributed by atoms with van der Waals surface area (Å²) >= 11 is 12.8. The SMILES string of the molecule is [C-]#[N+]c1cc(Cl)cc2c1CN(C)CC2c1cc(S(=O)(=O)NCCOCCOCCCC(=O)CCCCCNC(=O)NCCOCCOCCCS(=O)(=O)c2ccc(C)c(C3CN(C)Cc4c(C#N)cc(Cl)cc43)c2)ccc1C. The molecule has 0 aliphatic carbocycles. The van der Waals surface area contributed by atoms with Crippen molar-refractivity contribution in [3.63, 3.8) is 0 Å². The maximum Gasteiger partial charge on any atom is 0.314 e. The highest BCUT2D eigenvalue weighted by atomic mass is 35.5. The van der Waals surface area contributed by atoms with E-state index in [1.54, 1.807) is 42.5 Å². The largest absolute Gasteiger partial charge is 0.379 e. The summed E-state index contributed by atoms with van der Waals surface area (Å²) in [4.78, 5) is 32.9. The Morgan fingerprint density at radius 3 is 1.83 bits per heavy atom. The lowest BCUT2D eigenvalue weighted by Gasteiger charge is -2.34. The first kappa shape index (κ1) is 62.2. The molecule has 2 heterocycles. The first-order chi connectivity index (χ1) is 37.4. The Balaban J connectivity index is 0.727. The first-order valence-electron chi connectivity index (χ1n) is 26.5. The number of hydrogen-bond donors (Lipinski definition) is 3. The third kappa shape index (κ3) is 18.3. The number of benzene rings is 4. The second-order valence-electron chi connectivity index (χ2n) is 19.9. The Hall–Kier alpha value is -5.00. The molecule has 0 radical (unpaired) electrons. The van der Waals surface area contributed by atoms with E-state index in [1.807, 2.05) is 46.1 Å². The Kier molecular flexibility index (Phi) is 24.4. The number of likely N-dealkylation sites (N-methyl/N-ethyl adjacent to an activating group) is 2. The number of Topliss-reactive ketones (excluding diaryl/α,β-unsaturated/α-hetero) is 1. The summed E-state index contributed by atoms with van der Waals surface area (Å²) < 4.78 is 78.3. The van der Waals surface area contributed by atoms with Gasteiger partial charge in [-0.05, 0) is 147 Å². The van der Waals surface area contributed by atoms with Crippen LogP contribution in [0.15, 0.2) is 70.5 Å². The zero-order valence-electron chi connectivity index (χ0n) is 45.1. The van der Waals surface area contributed by atoms with E-state index < -0.39 is 19.9 Å². The fraction of sp³-hybridized carbons (Fsp3) is 0.509. The van der Waals surface area contributed by atoms with E-state index in [-0.39, 0.29) is 78.8 Å². The lowest BCUT2D eigenvalue weighted by Crippen LogP contribution is -2.37. The molecular weight excluding hydrogens is 1080 g/mol. The molecule has 4 aromatic rings. The highest BCUT2D eigenvalue weighted by Crippen LogP contribution is 2.42. The Labute approximate surface area is 471 Å². The first-order valence-corrected chi connectivity index (χ1v) is 30.4. The molecule has 2 unspecified atom stereocenters. The normalized spacial score (nSPS) is 15.7. The molecule has 0 fully saturated rings. The number of ketones is 1. The number of rotatable bonds is 31. The van der Waals surface area contributed by atoms with Crippen molar-refractivity contribution < 1.29 is 45.4 Å². The molecule has 2 amide bonds. The Bertz CT molecular complexity index is 2820. The summed E-state index contributed by atoms with van der Waals surface area (Å²) in [6.45, 7) is 17.3. The molecule has 0 saturated carbocycles. The van der Waals surface area contributed by atoms with Crippen LogP contribution in [0.4, 0.5) is 10.5 Å². The fourth-order valence-corrected chi connectivity index (χ4v) is 12.7. The Morgan fingerprint density at radius 1 is 0.654 bits per heavy atom. The number of halogens is 2. The standard InChI is InChI=1S/C57H73Cl2N7O10S2/c1-40-13-15-46(33-48(40)53-37-65(4)36-52-42(35-60)29-43(58)30-50(52)53)77(69,70)28-10-21-74-25-26-75-22-18-63-57(68)62-17-8-6-7-11-45(67)12-9-20-73-24-27-76-23-19-64-78(71,72)47-16-14-41(2)49(34-47)54-38-66(5)39-55-51(54)31-44(59)32-56(55)61-3/h13-16,29-34,53-54,64H,6-12,17-28,36-39H2,1-2,4-5H3,(H2,62,63,68). The fourth-order valence-electron chi connectivity index (χ4n) is 9.91. The van der Waals surface area contributed by atoms with Gasteiger partial charge >= 0.3 is 6.03 Å². The zero-order chi connectivity index (χ0) is 56.2. The van der Waals surface area contributed by atoms with Crippen LogP contribution in [0.2, 0.25) is 10.0 Å². The quantitative estimate of drug-likeness (QED) is 0.0319. The van der Waals surface area contributed by atoms with Crippen molar-refractivity contribution in [2.24, 2.45) is 0 Å². The molecule has 0 aromatic heterocycles. The number of ether oxygens (including phenoxy) is 4. The summed E-state index contributed by atoms with van der Waals surface area (Å²) in [5, 5.41) is 16.3. The van der Waals surface area contributed by atoms with Crippen molar-refractivity contribution in [3.05, 3.63) is 132 Å². The van der Waals surface area contributed by atoms with E-state index in [0.717, 1.165) is 63.8 Å². The van der Waals surface area contributed by atoms with Gasteiger partial charge in [0, 0.05) is 93.7 Å². The van der Waals surface area contributed by atoms with Crippen molar-refractivity contribution in [1.82, 2.24) is 25.2 Å². The Morgan fingerprint density at radius 2 is 1.19 bits per heavy atom. The van der Waals surface area contributed by atoms with Crippen LogP contribution in [0.25, 0.3) is 4.85 Å². The number of fused-ring (bicyclic) bond motifs is 2. The van der Waals surface area contributed by atoms with Gasteiger partial charge in [0.2, 0.25) is 10.0 Å². The van der Waals surface area contributed by atoms with E-state index in [9.17, 15) is 31.7 Å². The van der Waals surface area contributed by atoms with E-state index in [0.29, 0.717) is 106 Å². The second-order valence-corrected chi connectivity index (χ2v) is 24.7. The van der Waals surface area contributed by atoms with Gasteiger partial charge in [-0.3, -0.25) is 4.79 Å². The van der Waals surface area contributed by atoms with Crippen LogP contribution >= 0.6 is 23.2 Å². The van der Waals surface area contributed by atoms with Gasteiger partial charge in [-0.1, -0.05) is 41.8 Å². The molecule has 2 atom stereocenters. The van der Waals surface area contributed by atoms with Crippen molar-refractivity contribution in [1.29, 1.82) is 5.26 Å². The lowest BCUT2D eigenvalue weighted by atomic mass is 9.81. The van der Waals surface area contributed by atoms with Crippen molar-refractivity contribution in [2.75, 3.05) is 105 Å². The number of nitrogens with one attached hydrogen (secondary N) is 3. The minimum absolute atomic E-state index is 0.0726. The molecule has 0 saturated heterocycles. The molecule has 0 bridgehead atoms. The van der Waals surface area contributed by atoms with Crippen LogP contribution in [0.1, 0.15) is 107 Å². The molecule has 3 N–H and O–H groups in total. The molecular formula is C57H73Cl2N7O10S2. The average Bonchev–Trinajstić information content (AvgIpc) is 3.48. The summed E-state index contributed by atoms with van der Waals surface area (Å²) in [5.41, 5.74) is 8.45. The monoisotopic (exact) mass is 1150 g/mol. The number of urea groups is 1. The average molecular weight is 1150 g/mol. The van der Waals surface area contributed by atoms with Gasteiger partial charge in [0.25, 0.3) is 0 Å². The number of unbranched alkanes of at least 4 members (excludes halogenated alkanes) is 2.